The van der Waals surface area contributed by atoms with Crippen molar-refractivity contribution in [1.82, 2.24) is 74.8 Å². The SMILES string of the molecule is Cc1ncc(-c2ccnc(-c3[c-]cccc3)c2)cn1.Cc1nccc(-c2ccnc(-c3[c-]cccc3)c2)n1.[Ir].[Ir].[Ir].[Ir].[c-]1ccccc1-c1cc(-c2cccnc2)ccn1.[c-]1ccccc1-c1cc(-c2ncccn2)ccn1.[c-]1ccccc1-c1ccccn1.[c-]1ccccc1-c1ccccn1.[c-]1ccccc1-c1ccccn1.[c-]1ccccc1-c1ccccn1. The number of pyridine rings is 9. The summed E-state index contributed by atoms with van der Waals surface area (Å²) in [7, 11) is 0. The van der Waals surface area contributed by atoms with Gasteiger partial charge in [0.15, 0.2) is 5.82 Å². The molecule has 12 aromatic heterocycles. The van der Waals surface area contributed by atoms with Gasteiger partial charge < -0.3 is 39.9 Å². The van der Waals surface area contributed by atoms with E-state index in [1.165, 1.54) is 0 Å². The third-order valence-electron chi connectivity index (χ3n) is 17.6. The van der Waals surface area contributed by atoms with Crippen molar-refractivity contribution in [1.29, 1.82) is 0 Å². The number of aryl methyl sites for hydroxylation is 2. The molecule has 0 saturated carbocycles. The van der Waals surface area contributed by atoms with Gasteiger partial charge in [0.25, 0.3) is 0 Å². The summed E-state index contributed by atoms with van der Waals surface area (Å²) >= 11 is 0. The van der Waals surface area contributed by atoms with Crippen molar-refractivity contribution in [3.05, 3.63) is 493 Å². The van der Waals surface area contributed by atoms with Crippen LogP contribution in [0.15, 0.2) is 433 Å². The minimum Gasteiger partial charge on any atom is -0.305 e. The van der Waals surface area contributed by atoms with Crippen LogP contribution in [0.3, 0.4) is 0 Å². The Hall–Kier alpha value is -14.1. The Morgan fingerprint density at radius 1 is 0.175 bits per heavy atom. The first-order valence-corrected chi connectivity index (χ1v) is 38.9. The first kappa shape index (κ1) is 95.8. The Morgan fingerprint density at radius 3 is 0.770 bits per heavy atom. The third-order valence-corrected chi connectivity index (χ3v) is 17.6. The van der Waals surface area contributed by atoms with E-state index in [4.69, 9.17) is 0 Å². The van der Waals surface area contributed by atoms with Gasteiger partial charge in [-0.1, -0.05) is 78.9 Å². The van der Waals surface area contributed by atoms with Crippen molar-refractivity contribution in [2.75, 3.05) is 0 Å². The number of rotatable bonds is 12. The van der Waals surface area contributed by atoms with Crippen LogP contribution >= 0.6 is 0 Å². The minimum absolute atomic E-state index is 0. The zero-order chi connectivity index (χ0) is 83.5. The fourth-order valence-corrected chi connectivity index (χ4v) is 11.6. The second-order valence-electron chi connectivity index (χ2n) is 26.1. The van der Waals surface area contributed by atoms with Crippen LogP contribution in [0.5, 0.6) is 0 Å². The van der Waals surface area contributed by atoms with E-state index in [-0.39, 0.29) is 80.4 Å². The van der Waals surface area contributed by atoms with Gasteiger partial charge in [-0.05, 0) is 148 Å². The molecule has 126 heavy (non-hydrogen) atoms. The summed E-state index contributed by atoms with van der Waals surface area (Å²) < 4.78 is 0. The zero-order valence-corrected chi connectivity index (χ0v) is 77.6. The molecule has 20 aromatic rings. The van der Waals surface area contributed by atoms with Crippen LogP contribution in [0.2, 0.25) is 0 Å². The van der Waals surface area contributed by atoms with Gasteiger partial charge in [-0.25, -0.2) is 29.9 Å². The van der Waals surface area contributed by atoms with Crippen molar-refractivity contribution in [2.45, 2.75) is 13.8 Å². The van der Waals surface area contributed by atoms with Gasteiger partial charge in [-0.3, -0.25) is 4.98 Å². The van der Waals surface area contributed by atoms with Crippen molar-refractivity contribution in [3.8, 4) is 135 Å². The fourth-order valence-electron chi connectivity index (χ4n) is 11.6. The molecule has 0 N–H and O–H groups in total. The molecule has 0 fully saturated rings. The van der Waals surface area contributed by atoms with Crippen molar-refractivity contribution < 1.29 is 80.4 Å². The summed E-state index contributed by atoms with van der Waals surface area (Å²) in [6, 6.07) is 135. The molecule has 0 aliphatic carbocycles. The van der Waals surface area contributed by atoms with E-state index in [1.807, 2.05) is 366 Å². The molecule has 0 bridgehead atoms. The van der Waals surface area contributed by atoms with E-state index in [1.54, 1.807) is 74.2 Å². The molecule has 15 nitrogen and oxygen atoms in total. The van der Waals surface area contributed by atoms with Crippen LogP contribution in [-0.4, -0.2) is 74.8 Å². The van der Waals surface area contributed by atoms with Crippen LogP contribution in [0.25, 0.3) is 135 Å². The molecule has 19 heteroatoms. The first-order chi connectivity index (χ1) is 60.4. The molecule has 0 amide bonds. The fraction of sp³-hybridized carbons (Fsp3) is 0.0187. The summed E-state index contributed by atoms with van der Waals surface area (Å²) in [6.45, 7) is 3.76. The van der Waals surface area contributed by atoms with Gasteiger partial charge in [0, 0.05) is 185 Å². The second kappa shape index (κ2) is 53.8. The Bertz CT molecular complexity index is 5670. The number of hydrogen-bond donors (Lipinski definition) is 0. The van der Waals surface area contributed by atoms with E-state index in [9.17, 15) is 0 Å². The normalized spacial score (nSPS) is 9.73. The average Bonchev–Trinajstić information content (AvgIpc) is 0.832. The topological polar surface area (TPSA) is 193 Å². The van der Waals surface area contributed by atoms with Gasteiger partial charge in [-0.15, -0.1) is 287 Å². The van der Waals surface area contributed by atoms with E-state index < -0.39 is 0 Å². The first-order valence-electron chi connectivity index (χ1n) is 38.9. The Morgan fingerprint density at radius 2 is 0.460 bits per heavy atom. The van der Waals surface area contributed by atoms with Crippen molar-refractivity contribution >= 4 is 0 Å². The molecular weight excluding hydrogens is 2260 g/mol. The zero-order valence-electron chi connectivity index (χ0n) is 68.0. The second-order valence-corrected chi connectivity index (χ2v) is 26.1. The molecule has 0 spiro atoms. The standard InChI is InChI=1S/2C16H12N3.C16H11N2.C15H10N3.4C11H8N.4Ir/c1-12-17-10-8-15(19-12)14-7-9-18-16(11-14)13-5-3-2-4-6-13;1-12-18-10-15(11-19-12)14-7-8-17-16(9-14)13-5-3-2-4-6-13;1-2-5-13(6-3-1)16-11-14(8-10-18-16)15-7-4-9-17-12-15;1-2-5-12(6-3-1)14-11-13(7-10-16-14)15-17-8-4-9-18-15;4*1-2-6-10(7-3-1)11-8-4-5-9-12-11;;;;/h2*2-5,7-11H,1H3;1-5,7-12H;1-5,7-11H;4*1-6,8-9H;;;;/q8*-1;;;;. The molecule has 4 radical (unpaired) electrons. The van der Waals surface area contributed by atoms with Gasteiger partial charge in [-0.2, -0.15) is 0 Å². The molecule has 20 rings (SSSR count). The summed E-state index contributed by atoms with van der Waals surface area (Å²) in [5, 5.41) is 0. The Balaban J connectivity index is 0.000000163. The number of hydrogen-bond acceptors (Lipinski definition) is 15. The number of nitrogens with zero attached hydrogens (tertiary/aromatic N) is 15. The van der Waals surface area contributed by atoms with Crippen LogP contribution in [0.4, 0.5) is 0 Å². The van der Waals surface area contributed by atoms with Gasteiger partial charge in [0.05, 0.1) is 5.69 Å². The average molecular weight is 2340 g/mol. The smallest absolute Gasteiger partial charge is 0.158 e. The molecule has 12 heterocycles. The maximum atomic E-state index is 4.43. The molecule has 624 valence electrons. The quantitative estimate of drug-likeness (QED) is 0.105. The summed E-state index contributed by atoms with van der Waals surface area (Å²) in [4.78, 5) is 64.0. The van der Waals surface area contributed by atoms with E-state index in [0.29, 0.717) is 5.82 Å². The van der Waals surface area contributed by atoms with Crippen LogP contribution in [0, 0.1) is 62.4 Å². The predicted octanol–water partition coefficient (Wildman–Crippen LogP) is 23.4. The Labute approximate surface area is 789 Å². The third kappa shape index (κ3) is 30.8. The Kier molecular flexibility index (Phi) is 40.9. The molecule has 0 unspecified atom stereocenters. The maximum Gasteiger partial charge on any atom is 0.158 e. The van der Waals surface area contributed by atoms with Gasteiger partial charge >= 0.3 is 0 Å². The maximum absolute atomic E-state index is 4.43. The van der Waals surface area contributed by atoms with Crippen LogP contribution in [0.1, 0.15) is 11.6 Å². The summed E-state index contributed by atoms with van der Waals surface area (Å²) in [6.07, 6.45) is 26.9. The minimum atomic E-state index is 0. The number of aromatic nitrogens is 15. The molecular formula is C107H77Ir4N15-8. The molecule has 8 aromatic carbocycles. The monoisotopic (exact) mass is 2340 g/mol. The van der Waals surface area contributed by atoms with E-state index >= 15 is 0 Å². The molecule has 0 saturated heterocycles. The molecule has 0 aliphatic heterocycles. The largest absolute Gasteiger partial charge is 0.305 e. The van der Waals surface area contributed by atoms with Crippen LogP contribution < -0.4 is 0 Å². The molecule has 0 aliphatic rings. The van der Waals surface area contributed by atoms with Crippen LogP contribution in [-0.2, 0) is 80.4 Å². The number of benzene rings is 8. The van der Waals surface area contributed by atoms with Crippen molar-refractivity contribution in [3.63, 3.8) is 0 Å². The predicted molar refractivity (Wildman–Crippen MR) is 484 cm³/mol. The summed E-state index contributed by atoms with van der Waals surface area (Å²) in [5.41, 5.74) is 22.7. The van der Waals surface area contributed by atoms with Crippen molar-refractivity contribution in [2.24, 2.45) is 0 Å². The molecule has 0 atom stereocenters. The van der Waals surface area contributed by atoms with E-state index in [2.05, 4.69) is 129 Å². The van der Waals surface area contributed by atoms with E-state index in [0.717, 1.165) is 141 Å². The van der Waals surface area contributed by atoms with Gasteiger partial charge in [0.2, 0.25) is 0 Å². The summed E-state index contributed by atoms with van der Waals surface area (Å²) in [5.74, 6) is 2.24. The van der Waals surface area contributed by atoms with Gasteiger partial charge in [0.1, 0.15) is 11.6 Å².